The molecule has 0 aliphatic rings. The summed E-state index contributed by atoms with van der Waals surface area (Å²) in [6, 6.07) is 17.5. The SMILES string of the molecule is CCOc1ccc2nc(N(Cc3ccccc3)C(=O)c3cc(C)n(C)n3)sc2c1. The molecule has 0 spiro atoms. The maximum absolute atomic E-state index is 13.4. The van der Waals surface area contributed by atoms with Crippen molar-refractivity contribution in [2.24, 2.45) is 7.05 Å². The molecule has 0 N–H and O–H groups in total. The fraction of sp³-hybridized carbons (Fsp3) is 0.227. The van der Waals surface area contributed by atoms with E-state index in [1.165, 1.54) is 11.3 Å². The molecule has 1 amide bonds. The Morgan fingerprint density at radius 3 is 2.66 bits per heavy atom. The quantitative estimate of drug-likeness (QED) is 0.470. The average molecular weight is 407 g/mol. The van der Waals surface area contributed by atoms with Gasteiger partial charge < -0.3 is 4.74 Å². The van der Waals surface area contributed by atoms with Crippen molar-refractivity contribution < 1.29 is 9.53 Å². The summed E-state index contributed by atoms with van der Waals surface area (Å²) in [5.74, 6) is 0.637. The highest BCUT2D eigenvalue weighted by Gasteiger charge is 2.24. The number of rotatable bonds is 6. The van der Waals surface area contributed by atoms with Crippen LogP contribution in [0, 0.1) is 6.92 Å². The smallest absolute Gasteiger partial charge is 0.280 e. The Morgan fingerprint density at radius 2 is 1.97 bits per heavy atom. The van der Waals surface area contributed by atoms with Crippen LogP contribution in [0.25, 0.3) is 10.2 Å². The molecule has 7 heteroatoms. The Hall–Kier alpha value is -3.19. The first-order valence-corrected chi connectivity index (χ1v) is 10.3. The summed E-state index contributed by atoms with van der Waals surface area (Å²) >= 11 is 1.48. The fourth-order valence-electron chi connectivity index (χ4n) is 3.06. The van der Waals surface area contributed by atoms with Gasteiger partial charge in [-0.25, -0.2) is 4.98 Å². The van der Waals surface area contributed by atoms with Crippen molar-refractivity contribution in [2.75, 3.05) is 11.5 Å². The van der Waals surface area contributed by atoms with Gasteiger partial charge in [-0.3, -0.25) is 14.4 Å². The number of aromatic nitrogens is 3. The molecule has 0 atom stereocenters. The first-order valence-electron chi connectivity index (χ1n) is 9.45. The van der Waals surface area contributed by atoms with Gasteiger partial charge in [0.25, 0.3) is 5.91 Å². The van der Waals surface area contributed by atoms with E-state index in [2.05, 4.69) is 5.10 Å². The highest BCUT2D eigenvalue weighted by molar-refractivity contribution is 7.22. The van der Waals surface area contributed by atoms with E-state index in [0.717, 1.165) is 27.2 Å². The standard InChI is InChI=1S/C22H22N4O2S/c1-4-28-17-10-11-18-20(13-17)29-22(23-18)26(14-16-8-6-5-7-9-16)21(27)19-12-15(2)25(3)24-19/h5-13H,4,14H2,1-3H3. The molecule has 0 bridgehead atoms. The lowest BCUT2D eigenvalue weighted by Gasteiger charge is -2.19. The molecule has 2 aromatic heterocycles. The van der Waals surface area contributed by atoms with E-state index in [1.54, 1.807) is 15.6 Å². The van der Waals surface area contributed by atoms with Crippen LogP contribution in [0.5, 0.6) is 5.75 Å². The number of thiazole rings is 1. The maximum Gasteiger partial charge on any atom is 0.280 e. The average Bonchev–Trinajstić information content (AvgIpc) is 3.29. The van der Waals surface area contributed by atoms with Gasteiger partial charge >= 0.3 is 0 Å². The van der Waals surface area contributed by atoms with Crippen LogP contribution in [0.4, 0.5) is 5.13 Å². The van der Waals surface area contributed by atoms with E-state index >= 15 is 0 Å². The Kier molecular flexibility index (Phi) is 5.31. The number of ether oxygens (including phenoxy) is 1. The predicted octanol–water partition coefficient (Wildman–Crippen LogP) is 4.58. The third-order valence-electron chi connectivity index (χ3n) is 4.65. The highest BCUT2D eigenvalue weighted by Crippen LogP contribution is 2.33. The van der Waals surface area contributed by atoms with Crippen LogP contribution in [0.1, 0.15) is 28.7 Å². The second-order valence-corrected chi connectivity index (χ2v) is 7.74. The van der Waals surface area contributed by atoms with E-state index in [9.17, 15) is 4.79 Å². The molecular formula is C22H22N4O2S. The fourth-order valence-corrected chi connectivity index (χ4v) is 4.05. The van der Waals surface area contributed by atoms with Gasteiger partial charge in [-0.1, -0.05) is 41.7 Å². The summed E-state index contributed by atoms with van der Waals surface area (Å²) in [6.07, 6.45) is 0. The zero-order valence-corrected chi connectivity index (χ0v) is 17.4. The van der Waals surface area contributed by atoms with Gasteiger partial charge in [0.1, 0.15) is 5.75 Å². The van der Waals surface area contributed by atoms with Crippen LogP contribution in [0.3, 0.4) is 0 Å². The summed E-state index contributed by atoms with van der Waals surface area (Å²) in [6.45, 7) is 4.91. The molecule has 6 nitrogen and oxygen atoms in total. The predicted molar refractivity (Wildman–Crippen MR) is 116 cm³/mol. The summed E-state index contributed by atoms with van der Waals surface area (Å²) in [7, 11) is 1.83. The molecule has 4 aromatic rings. The Balaban J connectivity index is 1.74. The molecule has 0 saturated carbocycles. The van der Waals surface area contributed by atoms with Crippen LogP contribution in [-0.4, -0.2) is 27.3 Å². The number of benzene rings is 2. The molecule has 2 heterocycles. The van der Waals surface area contributed by atoms with E-state index in [-0.39, 0.29) is 5.91 Å². The third kappa shape index (κ3) is 4.00. The van der Waals surface area contributed by atoms with Crippen molar-refractivity contribution in [3.63, 3.8) is 0 Å². The Bertz CT molecular complexity index is 1130. The van der Waals surface area contributed by atoms with E-state index in [4.69, 9.17) is 9.72 Å². The number of hydrogen-bond acceptors (Lipinski definition) is 5. The van der Waals surface area contributed by atoms with Crippen LogP contribution in [-0.2, 0) is 13.6 Å². The second kappa shape index (κ2) is 8.05. The van der Waals surface area contributed by atoms with Gasteiger partial charge in [0.15, 0.2) is 10.8 Å². The van der Waals surface area contributed by atoms with Crippen molar-refractivity contribution in [3.8, 4) is 5.75 Å². The van der Waals surface area contributed by atoms with Gasteiger partial charge in [0.2, 0.25) is 0 Å². The van der Waals surface area contributed by atoms with E-state index in [1.807, 2.05) is 69.4 Å². The minimum Gasteiger partial charge on any atom is -0.494 e. The number of anilines is 1. The van der Waals surface area contributed by atoms with Crippen molar-refractivity contribution in [1.29, 1.82) is 0 Å². The first-order chi connectivity index (χ1) is 14.0. The number of carbonyl (C=O) groups is 1. The molecule has 148 valence electrons. The minimum atomic E-state index is -0.165. The number of amides is 1. The molecule has 0 unspecified atom stereocenters. The molecule has 4 rings (SSSR count). The highest BCUT2D eigenvalue weighted by atomic mass is 32.1. The van der Waals surface area contributed by atoms with Crippen molar-refractivity contribution in [2.45, 2.75) is 20.4 Å². The van der Waals surface area contributed by atoms with Gasteiger partial charge in [-0.05, 0) is 43.7 Å². The zero-order valence-electron chi connectivity index (χ0n) is 16.6. The van der Waals surface area contributed by atoms with Crippen LogP contribution in [0.15, 0.2) is 54.6 Å². The topological polar surface area (TPSA) is 60.2 Å². The van der Waals surface area contributed by atoms with Crippen LogP contribution in [0.2, 0.25) is 0 Å². The normalized spacial score (nSPS) is 11.0. The zero-order chi connectivity index (χ0) is 20.4. The molecule has 29 heavy (non-hydrogen) atoms. The lowest BCUT2D eigenvalue weighted by atomic mass is 10.2. The molecular weight excluding hydrogens is 384 g/mol. The van der Waals surface area contributed by atoms with Crippen LogP contribution < -0.4 is 9.64 Å². The van der Waals surface area contributed by atoms with Crippen molar-refractivity contribution in [1.82, 2.24) is 14.8 Å². The molecule has 0 radical (unpaired) electrons. The maximum atomic E-state index is 13.4. The van der Waals surface area contributed by atoms with Gasteiger partial charge in [0.05, 0.1) is 23.4 Å². The molecule has 0 aliphatic heterocycles. The van der Waals surface area contributed by atoms with Gasteiger partial charge in [0, 0.05) is 12.7 Å². The van der Waals surface area contributed by atoms with E-state index < -0.39 is 0 Å². The number of fused-ring (bicyclic) bond motifs is 1. The van der Waals surface area contributed by atoms with Crippen LogP contribution >= 0.6 is 11.3 Å². The largest absolute Gasteiger partial charge is 0.494 e. The molecule has 0 aliphatic carbocycles. The number of hydrogen-bond donors (Lipinski definition) is 0. The molecule has 0 saturated heterocycles. The monoisotopic (exact) mass is 406 g/mol. The van der Waals surface area contributed by atoms with Gasteiger partial charge in [-0.2, -0.15) is 5.10 Å². The molecule has 0 fully saturated rings. The van der Waals surface area contributed by atoms with E-state index in [0.29, 0.717) is 24.0 Å². The number of aryl methyl sites for hydroxylation is 2. The first kappa shape index (κ1) is 19.1. The Morgan fingerprint density at radius 1 is 1.17 bits per heavy atom. The summed E-state index contributed by atoms with van der Waals surface area (Å²) in [5, 5.41) is 5.02. The number of nitrogens with zero attached hydrogens (tertiary/aromatic N) is 4. The van der Waals surface area contributed by atoms with Crippen molar-refractivity contribution >= 4 is 32.6 Å². The number of carbonyl (C=O) groups excluding carboxylic acids is 1. The third-order valence-corrected chi connectivity index (χ3v) is 5.69. The summed E-state index contributed by atoms with van der Waals surface area (Å²) in [4.78, 5) is 19.8. The summed E-state index contributed by atoms with van der Waals surface area (Å²) in [5.41, 5.74) is 3.22. The van der Waals surface area contributed by atoms with Crippen molar-refractivity contribution in [3.05, 3.63) is 71.5 Å². The summed E-state index contributed by atoms with van der Waals surface area (Å²) < 4.78 is 8.29. The lowest BCUT2D eigenvalue weighted by Crippen LogP contribution is -2.30. The molecule has 2 aromatic carbocycles. The lowest BCUT2D eigenvalue weighted by molar-refractivity contribution is 0.0979. The Labute approximate surface area is 173 Å². The van der Waals surface area contributed by atoms with Gasteiger partial charge in [-0.15, -0.1) is 0 Å². The second-order valence-electron chi connectivity index (χ2n) is 6.73. The minimum absolute atomic E-state index is 0.165.